The van der Waals surface area contributed by atoms with E-state index < -0.39 is 0 Å². The molecule has 0 saturated carbocycles. The summed E-state index contributed by atoms with van der Waals surface area (Å²) in [6.45, 7) is 2.96. The zero-order chi connectivity index (χ0) is 15.4. The zero-order valence-electron chi connectivity index (χ0n) is 12.8. The third-order valence-electron chi connectivity index (χ3n) is 4.13. The summed E-state index contributed by atoms with van der Waals surface area (Å²) in [6, 6.07) is 2.44. The van der Waals surface area contributed by atoms with E-state index in [4.69, 9.17) is 0 Å². The Balaban J connectivity index is 1.53. The standard InChI is InChI=1S/C15H21N5OS/c1-18(7-13-4-6-22-10-13)15(21)9-19-5-2-3-14(19)8-20-12-16-11-17-20/h4,6,10-12,14H,2-3,5,7-9H2,1H3/t14-/m0/s1. The maximum Gasteiger partial charge on any atom is 0.236 e. The third kappa shape index (κ3) is 3.72. The van der Waals surface area contributed by atoms with Crippen molar-refractivity contribution in [3.63, 3.8) is 0 Å². The first-order valence-corrected chi connectivity index (χ1v) is 8.48. The van der Waals surface area contributed by atoms with Gasteiger partial charge in [-0.1, -0.05) is 0 Å². The van der Waals surface area contributed by atoms with Gasteiger partial charge in [-0.25, -0.2) is 4.98 Å². The van der Waals surface area contributed by atoms with Gasteiger partial charge in [-0.05, 0) is 41.8 Å². The monoisotopic (exact) mass is 319 g/mol. The van der Waals surface area contributed by atoms with E-state index >= 15 is 0 Å². The van der Waals surface area contributed by atoms with E-state index in [9.17, 15) is 4.79 Å². The lowest BCUT2D eigenvalue weighted by Gasteiger charge is -2.26. The number of likely N-dealkylation sites (tertiary alicyclic amines) is 1. The highest BCUT2D eigenvalue weighted by molar-refractivity contribution is 7.07. The van der Waals surface area contributed by atoms with Crippen LogP contribution in [0.25, 0.3) is 0 Å². The first-order valence-electron chi connectivity index (χ1n) is 7.54. The van der Waals surface area contributed by atoms with Crippen LogP contribution in [0.15, 0.2) is 29.5 Å². The van der Waals surface area contributed by atoms with E-state index in [2.05, 4.69) is 26.4 Å². The van der Waals surface area contributed by atoms with Crippen LogP contribution in [-0.4, -0.2) is 56.7 Å². The summed E-state index contributed by atoms with van der Waals surface area (Å²) in [7, 11) is 1.88. The van der Waals surface area contributed by atoms with Gasteiger partial charge in [0.25, 0.3) is 0 Å². The molecule has 0 N–H and O–H groups in total. The Labute approximate surface area is 134 Å². The molecule has 0 unspecified atom stereocenters. The Morgan fingerprint density at radius 2 is 2.45 bits per heavy atom. The van der Waals surface area contributed by atoms with Crippen molar-refractivity contribution in [2.75, 3.05) is 20.1 Å². The van der Waals surface area contributed by atoms with Gasteiger partial charge in [0.05, 0.1) is 13.1 Å². The van der Waals surface area contributed by atoms with Crippen LogP contribution >= 0.6 is 11.3 Å². The molecule has 1 aliphatic rings. The fourth-order valence-corrected chi connectivity index (χ4v) is 3.55. The van der Waals surface area contributed by atoms with Gasteiger partial charge in [-0.15, -0.1) is 0 Å². The van der Waals surface area contributed by atoms with Crippen molar-refractivity contribution in [3.8, 4) is 0 Å². The average Bonchev–Trinajstić information content (AvgIpc) is 3.23. The summed E-state index contributed by atoms with van der Waals surface area (Å²) >= 11 is 1.66. The molecular weight excluding hydrogens is 298 g/mol. The van der Waals surface area contributed by atoms with Crippen LogP contribution in [0.3, 0.4) is 0 Å². The third-order valence-corrected chi connectivity index (χ3v) is 4.86. The molecule has 0 bridgehead atoms. The van der Waals surface area contributed by atoms with Crippen LogP contribution in [-0.2, 0) is 17.9 Å². The number of amides is 1. The lowest BCUT2D eigenvalue weighted by Crippen LogP contribution is -2.41. The largest absolute Gasteiger partial charge is 0.340 e. The summed E-state index contributed by atoms with van der Waals surface area (Å²) in [6.07, 6.45) is 5.54. The van der Waals surface area contributed by atoms with Crippen molar-refractivity contribution in [1.29, 1.82) is 0 Å². The molecule has 0 radical (unpaired) electrons. The second-order valence-corrected chi connectivity index (χ2v) is 6.55. The molecule has 7 heteroatoms. The second-order valence-electron chi connectivity index (χ2n) is 5.77. The van der Waals surface area contributed by atoms with Gasteiger partial charge in [0.2, 0.25) is 5.91 Å². The molecule has 3 heterocycles. The Morgan fingerprint density at radius 1 is 1.55 bits per heavy atom. The normalized spacial score (nSPS) is 18.7. The minimum atomic E-state index is 0.177. The lowest BCUT2D eigenvalue weighted by atomic mass is 10.2. The van der Waals surface area contributed by atoms with E-state index in [-0.39, 0.29) is 5.91 Å². The summed E-state index contributed by atoms with van der Waals surface area (Å²) in [5, 5.41) is 8.30. The molecule has 2 aromatic heterocycles. The summed E-state index contributed by atoms with van der Waals surface area (Å²) in [4.78, 5) is 20.5. The molecule has 1 aliphatic heterocycles. The van der Waals surface area contributed by atoms with Gasteiger partial charge < -0.3 is 4.90 Å². The van der Waals surface area contributed by atoms with Gasteiger partial charge in [0.1, 0.15) is 12.7 Å². The summed E-state index contributed by atoms with van der Waals surface area (Å²) < 4.78 is 1.85. The molecule has 3 rings (SSSR count). The number of rotatable bonds is 6. The fourth-order valence-electron chi connectivity index (χ4n) is 2.89. The van der Waals surface area contributed by atoms with Crippen molar-refractivity contribution in [2.45, 2.75) is 32.0 Å². The number of aromatic nitrogens is 3. The van der Waals surface area contributed by atoms with Gasteiger partial charge >= 0.3 is 0 Å². The Morgan fingerprint density at radius 3 is 3.18 bits per heavy atom. The lowest BCUT2D eigenvalue weighted by molar-refractivity contribution is -0.131. The minimum Gasteiger partial charge on any atom is -0.340 e. The zero-order valence-corrected chi connectivity index (χ0v) is 13.6. The molecule has 1 atom stereocenters. The highest BCUT2D eigenvalue weighted by Crippen LogP contribution is 2.18. The molecule has 22 heavy (non-hydrogen) atoms. The molecule has 0 aromatic carbocycles. The molecule has 1 amide bonds. The minimum absolute atomic E-state index is 0.177. The van der Waals surface area contributed by atoms with Crippen molar-refractivity contribution in [1.82, 2.24) is 24.6 Å². The van der Waals surface area contributed by atoms with Crippen LogP contribution in [0.4, 0.5) is 0 Å². The molecule has 0 aliphatic carbocycles. The SMILES string of the molecule is CN(Cc1ccsc1)C(=O)CN1CCC[C@H]1Cn1cncn1. The molecule has 118 valence electrons. The topological polar surface area (TPSA) is 54.3 Å². The fraction of sp³-hybridized carbons (Fsp3) is 0.533. The highest BCUT2D eigenvalue weighted by atomic mass is 32.1. The van der Waals surface area contributed by atoms with Crippen molar-refractivity contribution < 1.29 is 4.79 Å². The predicted molar refractivity (Wildman–Crippen MR) is 85.4 cm³/mol. The van der Waals surface area contributed by atoms with Crippen LogP contribution in [0.1, 0.15) is 18.4 Å². The summed E-state index contributed by atoms with van der Waals surface area (Å²) in [5.41, 5.74) is 1.20. The number of hydrogen-bond acceptors (Lipinski definition) is 5. The van der Waals surface area contributed by atoms with E-state index in [1.165, 1.54) is 5.56 Å². The van der Waals surface area contributed by atoms with Crippen LogP contribution in [0, 0.1) is 0 Å². The smallest absolute Gasteiger partial charge is 0.236 e. The first kappa shape index (κ1) is 15.2. The van der Waals surface area contributed by atoms with Crippen molar-refractivity contribution >= 4 is 17.2 Å². The first-order chi connectivity index (χ1) is 10.7. The van der Waals surface area contributed by atoms with E-state index in [1.54, 1.807) is 24.0 Å². The highest BCUT2D eigenvalue weighted by Gasteiger charge is 2.27. The van der Waals surface area contributed by atoms with Crippen LogP contribution in [0.2, 0.25) is 0 Å². The number of carbonyl (C=O) groups excluding carboxylic acids is 1. The van der Waals surface area contributed by atoms with Crippen molar-refractivity contribution in [2.24, 2.45) is 0 Å². The molecule has 2 aromatic rings. The maximum absolute atomic E-state index is 12.4. The quantitative estimate of drug-likeness (QED) is 0.809. The molecule has 0 spiro atoms. The Hall–Kier alpha value is -1.73. The van der Waals surface area contributed by atoms with Gasteiger partial charge in [-0.3, -0.25) is 14.4 Å². The average molecular weight is 319 g/mol. The summed E-state index contributed by atoms with van der Waals surface area (Å²) in [5.74, 6) is 0.177. The van der Waals surface area contributed by atoms with Crippen molar-refractivity contribution in [3.05, 3.63) is 35.0 Å². The number of thiophene rings is 1. The van der Waals surface area contributed by atoms with Gasteiger partial charge in [0.15, 0.2) is 0 Å². The Kier molecular flexibility index (Phi) is 4.84. The van der Waals surface area contributed by atoms with Gasteiger partial charge in [-0.2, -0.15) is 16.4 Å². The molecule has 1 fully saturated rings. The number of hydrogen-bond donors (Lipinski definition) is 0. The number of nitrogens with zero attached hydrogens (tertiary/aromatic N) is 5. The molecule has 6 nitrogen and oxygen atoms in total. The van der Waals surface area contributed by atoms with E-state index in [1.807, 2.05) is 22.0 Å². The molecular formula is C15H21N5OS. The van der Waals surface area contributed by atoms with Gasteiger partial charge in [0, 0.05) is 19.6 Å². The number of carbonyl (C=O) groups is 1. The van der Waals surface area contributed by atoms with E-state index in [0.717, 1.165) is 25.9 Å². The second kappa shape index (κ2) is 7.02. The molecule has 1 saturated heterocycles. The predicted octanol–water partition coefficient (Wildman–Crippen LogP) is 1.46. The number of likely N-dealkylation sites (N-methyl/N-ethyl adjacent to an activating group) is 1. The van der Waals surface area contributed by atoms with Crippen LogP contribution in [0.5, 0.6) is 0 Å². The van der Waals surface area contributed by atoms with Crippen LogP contribution < -0.4 is 0 Å². The maximum atomic E-state index is 12.4. The Bertz CT molecular complexity index is 583. The van der Waals surface area contributed by atoms with E-state index in [0.29, 0.717) is 19.1 Å².